The van der Waals surface area contributed by atoms with Crippen molar-refractivity contribution in [2.24, 2.45) is 5.92 Å². The molecule has 4 heteroatoms. The van der Waals surface area contributed by atoms with Crippen LogP contribution >= 0.6 is 0 Å². The van der Waals surface area contributed by atoms with Crippen molar-refractivity contribution >= 4 is 5.91 Å². The van der Waals surface area contributed by atoms with Crippen molar-refractivity contribution in [3.05, 3.63) is 35.9 Å². The second-order valence-electron chi connectivity index (χ2n) is 5.71. The van der Waals surface area contributed by atoms with Crippen molar-refractivity contribution in [3.63, 3.8) is 0 Å². The van der Waals surface area contributed by atoms with Gasteiger partial charge >= 0.3 is 0 Å². The van der Waals surface area contributed by atoms with Crippen LogP contribution in [0, 0.1) is 5.92 Å². The van der Waals surface area contributed by atoms with Crippen molar-refractivity contribution in [1.82, 2.24) is 4.90 Å². The van der Waals surface area contributed by atoms with E-state index in [4.69, 9.17) is 4.74 Å². The van der Waals surface area contributed by atoms with Crippen molar-refractivity contribution in [3.8, 4) is 0 Å². The first-order chi connectivity index (χ1) is 9.75. The molecule has 2 saturated heterocycles. The van der Waals surface area contributed by atoms with Crippen LogP contribution in [0.2, 0.25) is 0 Å². The minimum absolute atomic E-state index is 0.0152. The van der Waals surface area contributed by atoms with Crippen LogP contribution in [0.25, 0.3) is 0 Å². The Bertz CT molecular complexity index is 456. The summed E-state index contributed by atoms with van der Waals surface area (Å²) in [5, 5.41) is 10.2. The molecule has 0 radical (unpaired) electrons. The van der Waals surface area contributed by atoms with Crippen molar-refractivity contribution in [1.29, 1.82) is 0 Å². The molecule has 0 spiro atoms. The van der Waals surface area contributed by atoms with Crippen LogP contribution in [0.4, 0.5) is 0 Å². The molecule has 0 aliphatic carbocycles. The topological polar surface area (TPSA) is 49.8 Å². The fraction of sp³-hybridized carbons (Fsp3) is 0.562. The van der Waals surface area contributed by atoms with Gasteiger partial charge in [-0.25, -0.2) is 0 Å². The van der Waals surface area contributed by atoms with E-state index in [0.717, 1.165) is 12.8 Å². The van der Waals surface area contributed by atoms with Gasteiger partial charge in [0.1, 0.15) is 0 Å². The van der Waals surface area contributed by atoms with Gasteiger partial charge in [-0.05, 0) is 24.8 Å². The highest BCUT2D eigenvalue weighted by Crippen LogP contribution is 2.26. The number of hydrogen-bond donors (Lipinski definition) is 1. The molecule has 0 aromatic heterocycles. The summed E-state index contributed by atoms with van der Waals surface area (Å²) in [4.78, 5) is 14.4. The molecule has 4 nitrogen and oxygen atoms in total. The Morgan fingerprint density at radius 1 is 1.30 bits per heavy atom. The average Bonchev–Trinajstić information content (AvgIpc) is 3.11. The number of carbonyl (C=O) groups excluding carboxylic acids is 1. The molecule has 2 fully saturated rings. The van der Waals surface area contributed by atoms with E-state index in [1.807, 2.05) is 35.2 Å². The largest absolute Gasteiger partial charge is 0.391 e. The smallest absolute Gasteiger partial charge is 0.228 e. The standard InChI is InChI=1S/C16H21NO3/c18-15-6-8-17(16(19)13-7-9-20-11-13)14(15)10-12-4-2-1-3-5-12/h1-5,13-15,18H,6-11H2/t13?,14-,15+/m0/s1. The number of ether oxygens (including phenoxy) is 1. The van der Waals surface area contributed by atoms with Gasteiger partial charge in [0.25, 0.3) is 0 Å². The van der Waals surface area contributed by atoms with Crippen molar-refractivity contribution in [2.75, 3.05) is 19.8 Å². The Balaban J connectivity index is 1.71. The van der Waals surface area contributed by atoms with Crippen molar-refractivity contribution < 1.29 is 14.6 Å². The molecular formula is C16H21NO3. The first-order valence-electron chi connectivity index (χ1n) is 7.36. The van der Waals surface area contributed by atoms with E-state index in [2.05, 4.69) is 0 Å². The predicted molar refractivity (Wildman–Crippen MR) is 75.2 cm³/mol. The van der Waals surface area contributed by atoms with Gasteiger partial charge in [0.15, 0.2) is 0 Å². The van der Waals surface area contributed by atoms with E-state index < -0.39 is 6.10 Å². The van der Waals surface area contributed by atoms with Crippen LogP contribution in [0.3, 0.4) is 0 Å². The van der Waals surface area contributed by atoms with E-state index in [1.54, 1.807) is 0 Å². The van der Waals surface area contributed by atoms with Gasteiger partial charge in [-0.2, -0.15) is 0 Å². The normalized spacial score (nSPS) is 29.9. The predicted octanol–water partition coefficient (Wildman–Crippen LogP) is 1.23. The van der Waals surface area contributed by atoms with Crippen LogP contribution in [-0.4, -0.2) is 47.8 Å². The molecule has 2 heterocycles. The number of hydrogen-bond acceptors (Lipinski definition) is 3. The number of aliphatic hydroxyl groups excluding tert-OH is 1. The quantitative estimate of drug-likeness (QED) is 0.902. The third kappa shape index (κ3) is 2.72. The van der Waals surface area contributed by atoms with Crippen LogP contribution < -0.4 is 0 Å². The summed E-state index contributed by atoms with van der Waals surface area (Å²) in [5.41, 5.74) is 1.17. The molecule has 108 valence electrons. The lowest BCUT2D eigenvalue weighted by molar-refractivity contribution is -0.137. The van der Waals surface area contributed by atoms with Gasteiger partial charge in [0.05, 0.1) is 24.7 Å². The molecule has 1 unspecified atom stereocenters. The lowest BCUT2D eigenvalue weighted by Crippen LogP contribution is -2.44. The number of nitrogens with zero attached hydrogens (tertiary/aromatic N) is 1. The van der Waals surface area contributed by atoms with Gasteiger partial charge in [-0.1, -0.05) is 30.3 Å². The molecule has 1 N–H and O–H groups in total. The zero-order valence-corrected chi connectivity index (χ0v) is 11.6. The summed E-state index contributed by atoms with van der Waals surface area (Å²) < 4.78 is 5.31. The Morgan fingerprint density at radius 2 is 2.10 bits per heavy atom. The molecular weight excluding hydrogens is 254 g/mol. The number of rotatable bonds is 3. The molecule has 0 saturated carbocycles. The maximum absolute atomic E-state index is 12.5. The molecule has 1 aromatic rings. The summed E-state index contributed by atoms with van der Waals surface area (Å²) in [6, 6.07) is 9.97. The number of carbonyl (C=O) groups is 1. The van der Waals surface area contributed by atoms with E-state index in [-0.39, 0.29) is 17.9 Å². The minimum Gasteiger partial charge on any atom is -0.391 e. The van der Waals surface area contributed by atoms with Crippen LogP contribution in [0.5, 0.6) is 0 Å². The maximum atomic E-state index is 12.5. The molecule has 1 amide bonds. The van der Waals surface area contributed by atoms with Gasteiger partial charge in [0.2, 0.25) is 5.91 Å². The summed E-state index contributed by atoms with van der Waals surface area (Å²) in [7, 11) is 0. The second kappa shape index (κ2) is 5.94. The van der Waals surface area contributed by atoms with E-state index in [9.17, 15) is 9.90 Å². The van der Waals surface area contributed by atoms with Gasteiger partial charge in [0, 0.05) is 13.2 Å². The molecule has 1 aromatic carbocycles. The lowest BCUT2D eigenvalue weighted by atomic mass is 10.0. The highest BCUT2D eigenvalue weighted by Gasteiger charge is 2.39. The van der Waals surface area contributed by atoms with Crippen LogP contribution in [0.15, 0.2) is 30.3 Å². The Labute approximate surface area is 119 Å². The van der Waals surface area contributed by atoms with Gasteiger partial charge < -0.3 is 14.7 Å². The SMILES string of the molecule is O=C(C1CCOC1)N1CC[C@@H](O)[C@@H]1Cc1ccccc1. The molecule has 2 aliphatic heterocycles. The number of benzene rings is 1. The monoisotopic (exact) mass is 275 g/mol. The van der Waals surface area contributed by atoms with E-state index in [1.165, 1.54) is 5.56 Å². The Hall–Kier alpha value is -1.39. The molecule has 3 rings (SSSR count). The van der Waals surface area contributed by atoms with Crippen LogP contribution in [-0.2, 0) is 16.0 Å². The molecule has 0 bridgehead atoms. The zero-order valence-electron chi connectivity index (χ0n) is 11.6. The summed E-state index contributed by atoms with van der Waals surface area (Å²) in [5.74, 6) is 0.138. The second-order valence-corrected chi connectivity index (χ2v) is 5.71. The first-order valence-corrected chi connectivity index (χ1v) is 7.36. The van der Waals surface area contributed by atoms with Crippen LogP contribution in [0.1, 0.15) is 18.4 Å². The highest BCUT2D eigenvalue weighted by atomic mass is 16.5. The zero-order chi connectivity index (χ0) is 13.9. The van der Waals surface area contributed by atoms with E-state index >= 15 is 0 Å². The summed E-state index contributed by atoms with van der Waals surface area (Å²) in [6.07, 6.45) is 1.79. The number of likely N-dealkylation sites (tertiary alicyclic amines) is 1. The average molecular weight is 275 g/mol. The highest BCUT2D eigenvalue weighted by molar-refractivity contribution is 5.80. The molecule has 3 atom stereocenters. The molecule has 20 heavy (non-hydrogen) atoms. The minimum atomic E-state index is -0.415. The number of amides is 1. The Kier molecular flexibility index (Phi) is 4.03. The number of aliphatic hydroxyl groups is 1. The van der Waals surface area contributed by atoms with E-state index in [0.29, 0.717) is 26.2 Å². The summed E-state index contributed by atoms with van der Waals surface area (Å²) >= 11 is 0. The van der Waals surface area contributed by atoms with Crippen molar-refractivity contribution in [2.45, 2.75) is 31.4 Å². The fourth-order valence-corrected chi connectivity index (χ4v) is 3.18. The first kappa shape index (κ1) is 13.6. The third-order valence-corrected chi connectivity index (χ3v) is 4.36. The third-order valence-electron chi connectivity index (χ3n) is 4.36. The fourth-order valence-electron chi connectivity index (χ4n) is 3.18. The Morgan fingerprint density at radius 3 is 2.80 bits per heavy atom. The summed E-state index contributed by atoms with van der Waals surface area (Å²) in [6.45, 7) is 1.87. The van der Waals surface area contributed by atoms with Gasteiger partial charge in [-0.3, -0.25) is 4.79 Å². The molecule has 2 aliphatic rings. The lowest BCUT2D eigenvalue weighted by Gasteiger charge is -2.28. The van der Waals surface area contributed by atoms with Gasteiger partial charge in [-0.15, -0.1) is 0 Å². The maximum Gasteiger partial charge on any atom is 0.228 e.